The van der Waals surface area contributed by atoms with E-state index in [9.17, 15) is 9.18 Å². The van der Waals surface area contributed by atoms with Crippen LogP contribution in [0.1, 0.15) is 54.5 Å². The topological polar surface area (TPSA) is 57.6 Å². The third-order valence-electron chi connectivity index (χ3n) is 8.85. The number of alkyl halides is 1. The Morgan fingerprint density at radius 2 is 1.53 bits per heavy atom. The van der Waals surface area contributed by atoms with Gasteiger partial charge in [0.2, 0.25) is 0 Å². The van der Waals surface area contributed by atoms with Gasteiger partial charge in [-0.3, -0.25) is 9.89 Å². The summed E-state index contributed by atoms with van der Waals surface area (Å²) in [5.41, 5.74) is 2.40. The normalized spacial score (nSPS) is 20.6. The summed E-state index contributed by atoms with van der Waals surface area (Å²) in [7, 11) is 1.57. The van der Waals surface area contributed by atoms with Crippen molar-refractivity contribution >= 4 is 47.5 Å². The molecule has 3 aromatic rings. The second-order valence-corrected chi connectivity index (χ2v) is 12.3. The number of piperidine rings is 1. The molecular formula is C34H38Cl3FN4O3. The molecule has 0 aliphatic carbocycles. The van der Waals surface area contributed by atoms with E-state index >= 15 is 0 Å². The number of nitrogens with zero attached hydrogens (tertiary/aromatic N) is 4. The van der Waals surface area contributed by atoms with Gasteiger partial charge >= 0.3 is 6.03 Å². The summed E-state index contributed by atoms with van der Waals surface area (Å²) in [6, 6.07) is 19.9. The molecule has 0 spiro atoms. The molecule has 2 unspecified atom stereocenters. The predicted octanol–water partition coefficient (Wildman–Crippen LogP) is 8.00. The van der Waals surface area contributed by atoms with Gasteiger partial charge in [-0.15, -0.1) is 12.4 Å². The van der Waals surface area contributed by atoms with Gasteiger partial charge in [0, 0.05) is 35.2 Å². The van der Waals surface area contributed by atoms with Crippen molar-refractivity contribution in [3.63, 3.8) is 0 Å². The molecule has 2 saturated heterocycles. The lowest BCUT2D eigenvalue weighted by molar-refractivity contribution is 0.117. The van der Waals surface area contributed by atoms with E-state index < -0.39 is 18.8 Å². The number of likely N-dealkylation sites (tertiary alicyclic amines) is 2. The minimum atomic E-state index is -0.654. The number of hydrogen-bond acceptors (Lipinski definition) is 5. The quantitative estimate of drug-likeness (QED) is 0.243. The van der Waals surface area contributed by atoms with Gasteiger partial charge in [0.15, 0.2) is 0 Å². The van der Waals surface area contributed by atoms with Gasteiger partial charge < -0.3 is 19.3 Å². The maximum absolute atomic E-state index is 14.7. The number of benzene rings is 3. The number of amidine groups is 1. The Labute approximate surface area is 280 Å². The van der Waals surface area contributed by atoms with Gasteiger partial charge in [0.05, 0.1) is 18.7 Å². The van der Waals surface area contributed by atoms with Crippen LogP contribution >= 0.6 is 35.6 Å². The summed E-state index contributed by atoms with van der Waals surface area (Å²) in [6.07, 6.45) is 4.36. The van der Waals surface area contributed by atoms with Crippen LogP contribution in [-0.4, -0.2) is 79.2 Å². The SMILES string of the molecule is COc1ccc(C2=NC(c3ccc(Cl)cc3)C(c3ccc(Cl)cc3)N2C(=O)N2CCC(N3CCCC3)CC2)c(OCCF)c1.Cl. The van der Waals surface area contributed by atoms with Gasteiger partial charge in [0.25, 0.3) is 0 Å². The van der Waals surface area contributed by atoms with Gasteiger partial charge in [-0.1, -0.05) is 47.5 Å². The van der Waals surface area contributed by atoms with Crippen molar-refractivity contribution in [2.75, 3.05) is 46.6 Å². The standard InChI is InChI=1S/C34H37Cl2FN4O3.ClH/c1-43-28-12-13-29(30(22-28)44-21-16-37)33-38-31(23-4-8-25(35)9-5-23)32(24-6-10-26(36)11-7-24)41(33)34(42)40-19-14-27(15-20-40)39-17-2-3-18-39;/h4-13,22,27,31-32H,2-3,14-21H2,1H3;1H. The van der Waals surface area contributed by atoms with Gasteiger partial charge in [-0.05, 0) is 86.3 Å². The van der Waals surface area contributed by atoms with Gasteiger partial charge in [-0.25, -0.2) is 9.18 Å². The highest BCUT2D eigenvalue weighted by molar-refractivity contribution is 6.30. The maximum Gasteiger partial charge on any atom is 0.326 e. The lowest BCUT2D eigenvalue weighted by Crippen LogP contribution is -2.52. The molecule has 0 N–H and O–H groups in total. The van der Waals surface area contributed by atoms with E-state index in [2.05, 4.69) is 4.90 Å². The second kappa shape index (κ2) is 15.0. The molecule has 0 saturated carbocycles. The third-order valence-corrected chi connectivity index (χ3v) is 9.36. The second-order valence-electron chi connectivity index (χ2n) is 11.5. The highest BCUT2D eigenvalue weighted by Crippen LogP contribution is 2.46. The van der Waals surface area contributed by atoms with Gasteiger partial charge in [-0.2, -0.15) is 0 Å². The molecule has 2 amide bonds. The Morgan fingerprint density at radius 1 is 0.911 bits per heavy atom. The molecule has 3 aliphatic heterocycles. The molecular weight excluding hydrogens is 638 g/mol. The predicted molar refractivity (Wildman–Crippen MR) is 179 cm³/mol. The highest BCUT2D eigenvalue weighted by Gasteiger charge is 2.45. The molecule has 3 heterocycles. The average Bonchev–Trinajstić information content (AvgIpc) is 3.73. The number of ether oxygens (including phenoxy) is 2. The number of carbonyl (C=O) groups excluding carboxylic acids is 1. The summed E-state index contributed by atoms with van der Waals surface area (Å²) in [4.78, 5) is 26.3. The number of aliphatic imine (C=N–C) groups is 1. The van der Waals surface area contributed by atoms with Crippen molar-refractivity contribution in [2.24, 2.45) is 4.99 Å². The molecule has 11 heteroatoms. The number of methoxy groups -OCH3 is 1. The fourth-order valence-corrected chi connectivity index (χ4v) is 6.87. The molecule has 6 rings (SSSR count). The summed E-state index contributed by atoms with van der Waals surface area (Å²) < 4.78 is 24.6. The van der Waals surface area contributed by atoms with Crippen LogP contribution in [0.25, 0.3) is 0 Å². The van der Waals surface area contributed by atoms with Crippen molar-refractivity contribution in [3.05, 3.63) is 93.5 Å². The van der Waals surface area contributed by atoms with Crippen molar-refractivity contribution in [3.8, 4) is 11.5 Å². The molecule has 45 heavy (non-hydrogen) atoms. The highest BCUT2D eigenvalue weighted by atomic mass is 35.5. The Bertz CT molecular complexity index is 1480. The first-order valence-electron chi connectivity index (χ1n) is 15.2. The maximum atomic E-state index is 14.7. The first kappa shape index (κ1) is 33.3. The zero-order chi connectivity index (χ0) is 30.6. The van der Waals surface area contributed by atoms with E-state index in [0.717, 1.165) is 37.1 Å². The monoisotopic (exact) mass is 674 g/mol. The molecule has 0 radical (unpaired) electrons. The van der Waals surface area contributed by atoms with E-state index in [1.807, 2.05) is 59.5 Å². The molecule has 2 fully saturated rings. The van der Waals surface area contributed by atoms with Gasteiger partial charge in [0.1, 0.15) is 36.7 Å². The van der Waals surface area contributed by atoms with Crippen LogP contribution in [0.3, 0.4) is 0 Å². The first-order valence-corrected chi connectivity index (χ1v) is 16.0. The summed E-state index contributed by atoms with van der Waals surface area (Å²) in [6.45, 7) is 2.82. The molecule has 0 bridgehead atoms. The van der Waals surface area contributed by atoms with Crippen LogP contribution in [0.15, 0.2) is 71.7 Å². The zero-order valence-corrected chi connectivity index (χ0v) is 27.5. The molecule has 0 aromatic heterocycles. The molecule has 7 nitrogen and oxygen atoms in total. The Hall–Kier alpha value is -3.04. The van der Waals surface area contributed by atoms with Crippen molar-refractivity contribution in [2.45, 2.75) is 43.8 Å². The number of urea groups is 1. The molecule has 3 aliphatic rings. The fourth-order valence-electron chi connectivity index (χ4n) is 6.62. The smallest absolute Gasteiger partial charge is 0.326 e. The number of rotatable bonds is 8. The Kier molecular flexibility index (Phi) is 11.1. The van der Waals surface area contributed by atoms with Crippen LogP contribution in [0.4, 0.5) is 9.18 Å². The first-order chi connectivity index (χ1) is 21.5. The van der Waals surface area contributed by atoms with Crippen LogP contribution in [0, 0.1) is 0 Å². The van der Waals surface area contributed by atoms with E-state index in [1.54, 1.807) is 24.1 Å². The average molecular weight is 676 g/mol. The third kappa shape index (κ3) is 7.19. The van der Waals surface area contributed by atoms with Crippen LogP contribution in [-0.2, 0) is 0 Å². The lowest BCUT2D eigenvalue weighted by atomic mass is 9.93. The van der Waals surface area contributed by atoms with E-state index in [1.165, 1.54) is 12.8 Å². The van der Waals surface area contributed by atoms with Crippen LogP contribution < -0.4 is 9.47 Å². The summed E-state index contributed by atoms with van der Waals surface area (Å²) in [5, 5.41) is 1.22. The minimum absolute atomic E-state index is 0. The zero-order valence-electron chi connectivity index (χ0n) is 25.2. The Balaban J connectivity index is 0.00000400. The minimum Gasteiger partial charge on any atom is -0.497 e. The molecule has 2 atom stereocenters. The summed E-state index contributed by atoms with van der Waals surface area (Å²) in [5.74, 6) is 1.43. The van der Waals surface area contributed by atoms with Crippen molar-refractivity contribution in [1.82, 2.24) is 14.7 Å². The number of carbonyl (C=O) groups is 1. The lowest BCUT2D eigenvalue weighted by Gasteiger charge is -2.40. The number of amides is 2. The van der Waals surface area contributed by atoms with Crippen molar-refractivity contribution < 1.29 is 18.7 Å². The van der Waals surface area contributed by atoms with E-state index in [-0.39, 0.29) is 25.0 Å². The number of hydrogen-bond donors (Lipinski definition) is 0. The largest absolute Gasteiger partial charge is 0.497 e. The van der Waals surface area contributed by atoms with Crippen LogP contribution in [0.2, 0.25) is 10.0 Å². The van der Waals surface area contributed by atoms with E-state index in [4.69, 9.17) is 37.7 Å². The van der Waals surface area contributed by atoms with Crippen molar-refractivity contribution in [1.29, 1.82) is 0 Å². The molecule has 3 aromatic carbocycles. The number of halogens is 4. The fraction of sp³-hybridized carbons (Fsp3) is 0.412. The summed E-state index contributed by atoms with van der Waals surface area (Å²) >= 11 is 12.6. The Morgan fingerprint density at radius 3 is 2.13 bits per heavy atom. The van der Waals surface area contributed by atoms with Crippen LogP contribution in [0.5, 0.6) is 11.5 Å². The molecule has 240 valence electrons. The van der Waals surface area contributed by atoms with E-state index in [0.29, 0.717) is 52.1 Å².